The second kappa shape index (κ2) is 6.15. The van der Waals surface area contributed by atoms with Crippen molar-refractivity contribution >= 4 is 40.2 Å². The number of carbonyl (C=O) groups is 2. The summed E-state index contributed by atoms with van der Waals surface area (Å²) >= 11 is 7.15. The van der Waals surface area contributed by atoms with E-state index < -0.39 is 0 Å². The molecular weight excluding hydrogens is 296 g/mol. The number of hydrogen-bond donors (Lipinski definition) is 1. The average molecular weight is 309 g/mol. The number of halogens is 1. The summed E-state index contributed by atoms with van der Waals surface area (Å²) in [7, 11) is 0. The molecule has 4 nitrogen and oxygen atoms in total. The monoisotopic (exact) mass is 308 g/mol. The van der Waals surface area contributed by atoms with Gasteiger partial charge in [0.15, 0.2) is 16.0 Å². The molecule has 1 heterocycles. The van der Waals surface area contributed by atoms with Crippen molar-refractivity contribution in [1.82, 2.24) is 4.98 Å². The molecule has 0 fully saturated rings. The minimum atomic E-state index is -0.0722. The zero-order chi connectivity index (χ0) is 14.7. The van der Waals surface area contributed by atoms with E-state index in [-0.39, 0.29) is 11.6 Å². The van der Waals surface area contributed by atoms with Crippen molar-refractivity contribution in [3.63, 3.8) is 0 Å². The number of nitrogens with one attached hydrogen (secondary N) is 1. The Kier molecular flexibility index (Phi) is 4.52. The number of benzene rings is 1. The van der Waals surface area contributed by atoms with Gasteiger partial charge in [0.2, 0.25) is 0 Å². The second-order valence-corrected chi connectivity index (χ2v) is 6.04. The Hall–Kier alpha value is -1.72. The molecule has 6 heteroatoms. The number of carbonyl (C=O) groups excluding carboxylic acids is 2. The molecule has 0 aliphatic carbocycles. The molecule has 0 radical (unpaired) electrons. The Labute approximate surface area is 125 Å². The third kappa shape index (κ3) is 3.65. The van der Waals surface area contributed by atoms with Crippen molar-refractivity contribution in [3.8, 4) is 0 Å². The van der Waals surface area contributed by atoms with Gasteiger partial charge >= 0.3 is 0 Å². The zero-order valence-corrected chi connectivity index (χ0v) is 12.6. The van der Waals surface area contributed by atoms with Crippen LogP contribution in [0.1, 0.15) is 39.4 Å². The van der Waals surface area contributed by atoms with E-state index in [4.69, 9.17) is 11.6 Å². The molecule has 2 rings (SSSR count). The molecule has 0 unspecified atom stereocenters. The number of Topliss-reactive ketones (excluding diaryl/α,β-unsaturated/α-hetero) is 2. The fourth-order valence-electron chi connectivity index (χ4n) is 1.69. The third-order valence-electron chi connectivity index (χ3n) is 2.74. The van der Waals surface area contributed by atoms with Crippen molar-refractivity contribution < 1.29 is 9.59 Å². The molecule has 0 aliphatic heterocycles. The van der Waals surface area contributed by atoms with Gasteiger partial charge in [-0.3, -0.25) is 9.59 Å². The van der Waals surface area contributed by atoms with Crippen molar-refractivity contribution in [2.75, 3.05) is 5.32 Å². The minimum Gasteiger partial charge on any atom is -0.380 e. The molecule has 1 aromatic heterocycles. The summed E-state index contributed by atoms with van der Waals surface area (Å²) in [5.41, 5.74) is 1.76. The van der Waals surface area contributed by atoms with Gasteiger partial charge in [-0.15, -0.1) is 11.3 Å². The smallest absolute Gasteiger partial charge is 0.183 e. The predicted molar refractivity (Wildman–Crippen MR) is 80.9 cm³/mol. The second-order valence-electron chi connectivity index (χ2n) is 4.34. The van der Waals surface area contributed by atoms with Gasteiger partial charge in [0, 0.05) is 27.9 Å². The van der Waals surface area contributed by atoms with E-state index in [1.54, 1.807) is 24.4 Å². The normalized spacial score (nSPS) is 10.3. The SMILES string of the molecule is CC(=O)c1cc(NCc2cnc(Cl)s2)cc(C(C)=O)c1. The number of rotatable bonds is 5. The van der Waals surface area contributed by atoms with Crippen LogP contribution in [0.3, 0.4) is 0 Å². The highest BCUT2D eigenvalue weighted by Gasteiger charge is 2.08. The molecular formula is C14H13ClN2O2S. The number of hydrogen-bond acceptors (Lipinski definition) is 5. The van der Waals surface area contributed by atoms with Crippen LogP contribution in [0.25, 0.3) is 0 Å². The molecule has 20 heavy (non-hydrogen) atoms. The minimum absolute atomic E-state index is 0.0722. The molecule has 1 N–H and O–H groups in total. The maximum absolute atomic E-state index is 11.5. The molecule has 0 saturated heterocycles. The van der Waals surface area contributed by atoms with Gasteiger partial charge < -0.3 is 5.32 Å². The van der Waals surface area contributed by atoms with E-state index in [9.17, 15) is 9.59 Å². The van der Waals surface area contributed by atoms with Gasteiger partial charge in [-0.25, -0.2) is 4.98 Å². The zero-order valence-electron chi connectivity index (χ0n) is 11.1. The highest BCUT2D eigenvalue weighted by atomic mass is 35.5. The van der Waals surface area contributed by atoms with E-state index in [2.05, 4.69) is 10.3 Å². The van der Waals surface area contributed by atoms with E-state index in [1.807, 2.05) is 0 Å². The first-order valence-electron chi connectivity index (χ1n) is 5.97. The van der Waals surface area contributed by atoms with E-state index in [0.717, 1.165) is 10.6 Å². The van der Waals surface area contributed by atoms with E-state index >= 15 is 0 Å². The van der Waals surface area contributed by atoms with Gasteiger partial charge in [-0.1, -0.05) is 11.6 Å². The Morgan fingerprint density at radius 3 is 2.25 bits per heavy atom. The number of thiazole rings is 1. The Balaban J connectivity index is 2.21. The summed E-state index contributed by atoms with van der Waals surface area (Å²) in [6.07, 6.45) is 1.70. The molecule has 2 aromatic rings. The van der Waals surface area contributed by atoms with Gasteiger partial charge in [0.1, 0.15) is 0 Å². The van der Waals surface area contributed by atoms with Gasteiger partial charge in [0.05, 0.1) is 6.54 Å². The summed E-state index contributed by atoms with van der Waals surface area (Å²) in [4.78, 5) is 27.9. The maximum atomic E-state index is 11.5. The molecule has 104 valence electrons. The Morgan fingerprint density at radius 1 is 1.20 bits per heavy atom. The lowest BCUT2D eigenvalue weighted by Gasteiger charge is -2.08. The van der Waals surface area contributed by atoms with Crippen LogP contribution in [0.4, 0.5) is 5.69 Å². The number of aromatic nitrogens is 1. The summed E-state index contributed by atoms with van der Waals surface area (Å²) in [5, 5.41) is 3.17. The molecule has 1 aromatic carbocycles. The summed E-state index contributed by atoms with van der Waals surface area (Å²) in [6.45, 7) is 3.50. The molecule has 0 aliphatic rings. The summed E-state index contributed by atoms with van der Waals surface area (Å²) < 4.78 is 0.490. The number of anilines is 1. The highest BCUT2D eigenvalue weighted by molar-refractivity contribution is 7.15. The summed E-state index contributed by atoms with van der Waals surface area (Å²) in [5.74, 6) is -0.144. The maximum Gasteiger partial charge on any atom is 0.183 e. The lowest BCUT2D eigenvalue weighted by Crippen LogP contribution is -2.03. The predicted octanol–water partition coefficient (Wildman–Crippen LogP) is 3.81. The highest BCUT2D eigenvalue weighted by Crippen LogP contribution is 2.21. The van der Waals surface area contributed by atoms with Crippen molar-refractivity contribution in [1.29, 1.82) is 0 Å². The lowest BCUT2D eigenvalue weighted by atomic mass is 10.0. The van der Waals surface area contributed by atoms with Crippen LogP contribution >= 0.6 is 22.9 Å². The van der Waals surface area contributed by atoms with Crippen molar-refractivity contribution in [2.45, 2.75) is 20.4 Å². The van der Waals surface area contributed by atoms with Crippen LogP contribution in [0.2, 0.25) is 4.47 Å². The molecule has 0 spiro atoms. The number of nitrogens with zero attached hydrogens (tertiary/aromatic N) is 1. The van der Waals surface area contributed by atoms with Crippen LogP contribution in [0.15, 0.2) is 24.4 Å². The number of ketones is 2. The molecule has 0 saturated carbocycles. The topological polar surface area (TPSA) is 59.1 Å². The van der Waals surface area contributed by atoms with Gasteiger partial charge in [0.25, 0.3) is 0 Å². The Bertz CT molecular complexity index is 635. The van der Waals surface area contributed by atoms with Crippen LogP contribution < -0.4 is 5.32 Å². The van der Waals surface area contributed by atoms with Gasteiger partial charge in [-0.05, 0) is 32.0 Å². The lowest BCUT2D eigenvalue weighted by molar-refractivity contribution is 0.101. The van der Waals surface area contributed by atoms with E-state index in [0.29, 0.717) is 22.1 Å². The molecule has 0 bridgehead atoms. The average Bonchev–Trinajstić information content (AvgIpc) is 2.81. The fourth-order valence-corrected chi connectivity index (χ4v) is 2.61. The van der Waals surface area contributed by atoms with Crippen LogP contribution in [-0.2, 0) is 6.54 Å². The van der Waals surface area contributed by atoms with Crippen LogP contribution in [-0.4, -0.2) is 16.6 Å². The fraction of sp³-hybridized carbons (Fsp3) is 0.214. The van der Waals surface area contributed by atoms with Crippen LogP contribution in [0.5, 0.6) is 0 Å². The quantitative estimate of drug-likeness (QED) is 0.853. The summed E-state index contributed by atoms with van der Waals surface area (Å²) in [6, 6.07) is 5.08. The molecule has 0 amide bonds. The van der Waals surface area contributed by atoms with Crippen molar-refractivity contribution in [3.05, 3.63) is 44.9 Å². The first-order valence-corrected chi connectivity index (χ1v) is 7.16. The molecule has 0 atom stereocenters. The van der Waals surface area contributed by atoms with Crippen LogP contribution in [0, 0.1) is 0 Å². The van der Waals surface area contributed by atoms with Crippen molar-refractivity contribution in [2.24, 2.45) is 0 Å². The van der Waals surface area contributed by atoms with E-state index in [1.165, 1.54) is 25.2 Å². The standard InChI is InChI=1S/C14H13ClN2O2S/c1-8(18)10-3-11(9(2)19)5-12(4-10)16-6-13-7-17-14(15)20-13/h3-5,7,16H,6H2,1-2H3. The first kappa shape index (κ1) is 14.7. The van der Waals surface area contributed by atoms with Gasteiger partial charge in [-0.2, -0.15) is 0 Å². The largest absolute Gasteiger partial charge is 0.380 e. The first-order chi connectivity index (χ1) is 9.45. The third-order valence-corrected chi connectivity index (χ3v) is 3.85. The Morgan fingerprint density at radius 2 is 1.80 bits per heavy atom.